The monoisotopic (exact) mass is 188 g/mol. The predicted octanol–water partition coefficient (Wildman–Crippen LogP) is 4.44. The van der Waals surface area contributed by atoms with Gasteiger partial charge in [0.2, 0.25) is 0 Å². The van der Waals surface area contributed by atoms with Crippen LogP contribution in [0, 0.1) is 0 Å². The largest absolute Gasteiger partial charge is 0.122 e. The maximum atomic E-state index is 2.28. The van der Waals surface area contributed by atoms with Crippen molar-refractivity contribution in [1.29, 1.82) is 0 Å². The van der Waals surface area contributed by atoms with Crippen LogP contribution in [0.2, 0.25) is 0 Å². The summed E-state index contributed by atoms with van der Waals surface area (Å²) in [7, 11) is 1.25. The highest BCUT2D eigenvalue weighted by Crippen LogP contribution is 2.16. The highest BCUT2D eigenvalue weighted by Gasteiger charge is 1.89. The predicted molar refractivity (Wildman–Crippen MR) is 61.7 cm³/mol. The van der Waals surface area contributed by atoms with Gasteiger partial charge in [-0.3, -0.25) is 0 Å². The van der Waals surface area contributed by atoms with E-state index in [4.69, 9.17) is 0 Å². The lowest BCUT2D eigenvalue weighted by Gasteiger charge is -2.00. The van der Waals surface area contributed by atoms with Gasteiger partial charge in [-0.2, -0.15) is 0 Å². The second kappa shape index (κ2) is 11.4. The van der Waals surface area contributed by atoms with Crippen LogP contribution in [0.5, 0.6) is 0 Å². The maximum absolute atomic E-state index is 2.28. The third-order valence-electron chi connectivity index (χ3n) is 2.16. The third kappa shape index (κ3) is 10.4. The van der Waals surface area contributed by atoms with Gasteiger partial charge >= 0.3 is 0 Å². The molecule has 0 radical (unpaired) electrons. The van der Waals surface area contributed by atoms with E-state index in [1.54, 1.807) is 0 Å². The van der Waals surface area contributed by atoms with Gasteiger partial charge in [-0.05, 0) is 25.2 Å². The van der Waals surface area contributed by atoms with E-state index in [2.05, 4.69) is 13.8 Å². The van der Waals surface area contributed by atoms with E-state index < -0.39 is 0 Å². The zero-order chi connectivity index (χ0) is 9.07. The maximum Gasteiger partial charge on any atom is -0.0353 e. The molecule has 0 saturated carbocycles. The summed E-state index contributed by atoms with van der Waals surface area (Å²) >= 11 is 0. The van der Waals surface area contributed by atoms with Crippen molar-refractivity contribution >= 4 is 8.58 Å². The minimum atomic E-state index is 1.25. The lowest BCUT2D eigenvalue weighted by molar-refractivity contribution is 0.658. The van der Waals surface area contributed by atoms with Gasteiger partial charge in [0.1, 0.15) is 0 Å². The molecular formula is C11H25P. The number of hydrogen-bond donors (Lipinski definition) is 0. The SMILES string of the molecule is CCCCCCCPCCCC. The summed E-state index contributed by atoms with van der Waals surface area (Å²) in [6.07, 6.45) is 13.1. The Morgan fingerprint density at radius 1 is 0.667 bits per heavy atom. The molecular weight excluding hydrogens is 163 g/mol. The summed E-state index contributed by atoms with van der Waals surface area (Å²) in [5.74, 6) is 0. The van der Waals surface area contributed by atoms with Crippen molar-refractivity contribution in [3.05, 3.63) is 0 Å². The van der Waals surface area contributed by atoms with Gasteiger partial charge in [0, 0.05) is 0 Å². The van der Waals surface area contributed by atoms with Crippen molar-refractivity contribution in [2.45, 2.75) is 58.8 Å². The van der Waals surface area contributed by atoms with Crippen molar-refractivity contribution in [3.63, 3.8) is 0 Å². The fraction of sp³-hybridized carbons (Fsp3) is 1.00. The molecule has 0 aromatic heterocycles. The van der Waals surface area contributed by atoms with Gasteiger partial charge < -0.3 is 0 Å². The summed E-state index contributed by atoms with van der Waals surface area (Å²) < 4.78 is 0. The molecule has 0 amide bonds. The van der Waals surface area contributed by atoms with E-state index >= 15 is 0 Å². The Labute approximate surface area is 80.3 Å². The molecule has 0 aromatic carbocycles. The Morgan fingerprint density at radius 2 is 1.25 bits per heavy atom. The molecule has 74 valence electrons. The van der Waals surface area contributed by atoms with Crippen molar-refractivity contribution < 1.29 is 0 Å². The molecule has 0 aliphatic rings. The summed E-state index contributed by atoms with van der Waals surface area (Å²) in [5, 5.41) is 0. The van der Waals surface area contributed by atoms with E-state index in [-0.39, 0.29) is 0 Å². The molecule has 1 atom stereocenters. The molecule has 0 nitrogen and oxygen atoms in total. The molecule has 0 aliphatic heterocycles. The standard InChI is InChI=1S/C11H25P/c1-3-5-7-8-9-11-12-10-6-4-2/h12H,3-11H2,1-2H3. The lowest BCUT2D eigenvalue weighted by atomic mass is 10.2. The quantitative estimate of drug-likeness (QED) is 0.371. The molecule has 0 N–H and O–H groups in total. The summed E-state index contributed by atoms with van der Waals surface area (Å²) in [5.41, 5.74) is 0. The van der Waals surface area contributed by atoms with Gasteiger partial charge in [-0.1, -0.05) is 46.0 Å². The van der Waals surface area contributed by atoms with Gasteiger partial charge in [0.05, 0.1) is 0 Å². The van der Waals surface area contributed by atoms with E-state index in [1.165, 1.54) is 65.9 Å². The molecule has 0 rings (SSSR count). The van der Waals surface area contributed by atoms with Crippen LogP contribution in [-0.2, 0) is 0 Å². The van der Waals surface area contributed by atoms with Crippen LogP contribution in [-0.4, -0.2) is 12.3 Å². The highest BCUT2D eigenvalue weighted by atomic mass is 31.1. The van der Waals surface area contributed by atoms with Crippen molar-refractivity contribution in [2.75, 3.05) is 12.3 Å². The minimum Gasteiger partial charge on any atom is -0.122 e. The molecule has 0 saturated heterocycles. The molecule has 0 fully saturated rings. The van der Waals surface area contributed by atoms with Crippen molar-refractivity contribution in [1.82, 2.24) is 0 Å². The van der Waals surface area contributed by atoms with Crippen LogP contribution < -0.4 is 0 Å². The Balaban J connectivity index is 2.73. The lowest BCUT2D eigenvalue weighted by Crippen LogP contribution is -1.82. The minimum absolute atomic E-state index is 1.25. The molecule has 0 spiro atoms. The number of hydrogen-bond acceptors (Lipinski definition) is 0. The molecule has 1 unspecified atom stereocenters. The van der Waals surface area contributed by atoms with Gasteiger partial charge in [-0.15, -0.1) is 8.58 Å². The Bertz CT molecular complexity index is 61.4. The van der Waals surface area contributed by atoms with E-state index in [1.807, 2.05) is 0 Å². The van der Waals surface area contributed by atoms with Crippen LogP contribution >= 0.6 is 8.58 Å². The highest BCUT2D eigenvalue weighted by molar-refractivity contribution is 7.37. The Kier molecular flexibility index (Phi) is 11.8. The second-order valence-electron chi connectivity index (χ2n) is 3.52. The average Bonchev–Trinajstić information content (AvgIpc) is 2.10. The van der Waals surface area contributed by atoms with Crippen LogP contribution in [0.1, 0.15) is 58.8 Å². The van der Waals surface area contributed by atoms with Gasteiger partial charge in [-0.25, -0.2) is 0 Å². The van der Waals surface area contributed by atoms with Crippen LogP contribution in [0.25, 0.3) is 0 Å². The summed E-state index contributed by atoms with van der Waals surface area (Å²) in [4.78, 5) is 0. The average molecular weight is 188 g/mol. The molecule has 0 aromatic rings. The first-order valence-electron chi connectivity index (χ1n) is 5.62. The Hall–Kier alpha value is 0.430. The normalized spacial score (nSPS) is 11.5. The zero-order valence-corrected chi connectivity index (χ0v) is 9.86. The summed E-state index contributed by atoms with van der Waals surface area (Å²) in [6.45, 7) is 4.56. The first kappa shape index (κ1) is 12.4. The van der Waals surface area contributed by atoms with E-state index in [0.717, 1.165) is 0 Å². The zero-order valence-electron chi connectivity index (χ0n) is 8.86. The second-order valence-corrected chi connectivity index (χ2v) is 5.02. The van der Waals surface area contributed by atoms with Crippen LogP contribution in [0.15, 0.2) is 0 Å². The smallest absolute Gasteiger partial charge is 0.0353 e. The van der Waals surface area contributed by atoms with Crippen molar-refractivity contribution in [2.24, 2.45) is 0 Å². The molecule has 0 aliphatic carbocycles. The molecule has 0 bridgehead atoms. The molecule has 1 heteroatoms. The first-order valence-corrected chi connectivity index (χ1v) is 7.04. The fourth-order valence-corrected chi connectivity index (χ4v) is 2.63. The van der Waals surface area contributed by atoms with Crippen molar-refractivity contribution in [3.8, 4) is 0 Å². The molecule has 12 heavy (non-hydrogen) atoms. The van der Waals surface area contributed by atoms with Gasteiger partial charge in [0.15, 0.2) is 0 Å². The van der Waals surface area contributed by atoms with Gasteiger partial charge in [0.25, 0.3) is 0 Å². The topological polar surface area (TPSA) is 0 Å². The Morgan fingerprint density at radius 3 is 1.92 bits per heavy atom. The third-order valence-corrected chi connectivity index (χ3v) is 3.58. The van der Waals surface area contributed by atoms with Crippen LogP contribution in [0.3, 0.4) is 0 Å². The van der Waals surface area contributed by atoms with Crippen LogP contribution in [0.4, 0.5) is 0 Å². The fourth-order valence-electron chi connectivity index (χ4n) is 1.28. The van der Waals surface area contributed by atoms with E-state index in [9.17, 15) is 0 Å². The molecule has 0 heterocycles. The number of rotatable bonds is 9. The number of unbranched alkanes of at least 4 members (excludes halogenated alkanes) is 5. The first-order chi connectivity index (χ1) is 5.91. The van der Waals surface area contributed by atoms with E-state index in [0.29, 0.717) is 0 Å². The summed E-state index contributed by atoms with van der Waals surface area (Å²) in [6, 6.07) is 0.